The molecule has 0 radical (unpaired) electrons. The number of nitrogens with zero attached hydrogens (tertiary/aromatic N) is 2. The van der Waals surface area contributed by atoms with Crippen LogP contribution in [0.1, 0.15) is 83.9 Å². The second-order valence-corrected chi connectivity index (χ2v) is 11.4. The van der Waals surface area contributed by atoms with E-state index in [1.807, 2.05) is 12.1 Å². The molecule has 0 bridgehead atoms. The number of nitrogens with one attached hydrogen (secondary N) is 1. The number of rotatable bonds is 4. The van der Waals surface area contributed by atoms with Crippen molar-refractivity contribution in [3.05, 3.63) is 75.5 Å². The minimum atomic E-state index is -0.351. The molecular formula is C32H35N3O2. The number of aromatic nitrogens is 1. The topological polar surface area (TPSA) is 69.1 Å². The Morgan fingerprint density at radius 3 is 2.68 bits per heavy atom. The molecule has 3 aliphatic rings. The lowest BCUT2D eigenvalue weighted by Crippen LogP contribution is -2.35. The van der Waals surface area contributed by atoms with Crippen LogP contribution < -0.4 is 0 Å². The van der Waals surface area contributed by atoms with Gasteiger partial charge in [-0.25, -0.2) is 0 Å². The highest BCUT2D eigenvalue weighted by Gasteiger charge is 2.40. The lowest BCUT2D eigenvalue weighted by molar-refractivity contribution is 0.0539. The summed E-state index contributed by atoms with van der Waals surface area (Å²) in [5, 5.41) is 10.3. The zero-order chi connectivity index (χ0) is 25.7. The molecule has 1 aliphatic carbocycles. The van der Waals surface area contributed by atoms with E-state index in [0.717, 1.165) is 84.9 Å². The first-order chi connectivity index (χ1) is 17.9. The molecule has 6 rings (SSSR count). The van der Waals surface area contributed by atoms with E-state index in [1.165, 1.54) is 29.5 Å². The van der Waals surface area contributed by atoms with Crippen LogP contribution in [0.15, 0.2) is 36.4 Å². The van der Waals surface area contributed by atoms with Gasteiger partial charge >= 0.3 is 0 Å². The van der Waals surface area contributed by atoms with E-state index in [9.17, 15) is 10.1 Å². The van der Waals surface area contributed by atoms with Gasteiger partial charge in [0.15, 0.2) is 5.78 Å². The van der Waals surface area contributed by atoms with Crippen molar-refractivity contribution in [3.8, 4) is 6.07 Å². The summed E-state index contributed by atoms with van der Waals surface area (Å²) in [5.41, 5.74) is 8.69. The molecule has 5 nitrogen and oxygen atoms in total. The van der Waals surface area contributed by atoms with Gasteiger partial charge in [-0.1, -0.05) is 32.9 Å². The van der Waals surface area contributed by atoms with Crippen LogP contribution in [0.5, 0.6) is 0 Å². The van der Waals surface area contributed by atoms with Gasteiger partial charge < -0.3 is 9.72 Å². The summed E-state index contributed by atoms with van der Waals surface area (Å²) in [6.45, 7) is 11.6. The van der Waals surface area contributed by atoms with Crippen LogP contribution in [-0.4, -0.2) is 48.5 Å². The SMILES string of the molecule is CCc1cc2c(cc1C1=CCN(CC3CCOCC3)CC1)C(C)(C)c1[nH]c3cc(C#N)ccc3c1C2=O. The van der Waals surface area contributed by atoms with Gasteiger partial charge in [-0.05, 0) is 78.1 Å². The van der Waals surface area contributed by atoms with E-state index in [-0.39, 0.29) is 11.2 Å². The molecule has 190 valence electrons. The fraction of sp³-hybridized carbons (Fsp3) is 0.438. The molecular weight excluding hydrogens is 458 g/mol. The van der Waals surface area contributed by atoms with Crippen LogP contribution in [0.25, 0.3) is 16.5 Å². The summed E-state index contributed by atoms with van der Waals surface area (Å²) in [7, 11) is 0. The van der Waals surface area contributed by atoms with E-state index in [2.05, 4.69) is 54.9 Å². The third kappa shape index (κ3) is 4.04. The summed E-state index contributed by atoms with van der Waals surface area (Å²) < 4.78 is 5.54. The Labute approximate surface area is 219 Å². The van der Waals surface area contributed by atoms with Gasteiger partial charge in [0.2, 0.25) is 0 Å². The number of aryl methyl sites for hydroxylation is 1. The van der Waals surface area contributed by atoms with E-state index in [4.69, 9.17) is 4.74 Å². The van der Waals surface area contributed by atoms with Crippen LogP contribution >= 0.6 is 0 Å². The van der Waals surface area contributed by atoms with Gasteiger partial charge in [0.05, 0.1) is 17.2 Å². The number of hydrogen-bond acceptors (Lipinski definition) is 4. The maximum atomic E-state index is 13.9. The molecule has 2 aromatic carbocycles. The first-order valence-corrected chi connectivity index (χ1v) is 13.7. The molecule has 3 aromatic rings. The van der Waals surface area contributed by atoms with Crippen molar-refractivity contribution in [1.82, 2.24) is 9.88 Å². The number of ketones is 1. The molecule has 1 saturated heterocycles. The minimum Gasteiger partial charge on any atom is -0.381 e. The monoisotopic (exact) mass is 493 g/mol. The smallest absolute Gasteiger partial charge is 0.195 e. The maximum absolute atomic E-state index is 13.9. The van der Waals surface area contributed by atoms with Gasteiger partial charge in [-0.2, -0.15) is 5.26 Å². The van der Waals surface area contributed by atoms with Crippen LogP contribution in [0, 0.1) is 17.2 Å². The van der Waals surface area contributed by atoms with Crippen LogP contribution in [0.3, 0.4) is 0 Å². The number of H-pyrrole nitrogens is 1. The molecule has 1 N–H and O–H groups in total. The third-order valence-electron chi connectivity index (χ3n) is 8.82. The van der Waals surface area contributed by atoms with Crippen molar-refractivity contribution in [2.45, 2.75) is 51.9 Å². The average molecular weight is 494 g/mol. The summed E-state index contributed by atoms with van der Waals surface area (Å²) >= 11 is 0. The summed E-state index contributed by atoms with van der Waals surface area (Å²) in [6, 6.07) is 12.2. The molecule has 1 fully saturated rings. The standard InChI is InChI=1S/C32H35N3O2/c1-4-22-16-26-27(17-25(22)23-7-11-35(12-8-23)19-20-9-13-37-14-10-20)32(2,3)31-29(30(26)36)24-6-5-21(18-33)15-28(24)34-31/h5-7,15-17,20,34H,4,8-14,19H2,1-3H3. The molecule has 3 heterocycles. The largest absolute Gasteiger partial charge is 0.381 e. The zero-order valence-electron chi connectivity index (χ0n) is 22.1. The Morgan fingerprint density at radius 1 is 1.16 bits per heavy atom. The molecule has 37 heavy (non-hydrogen) atoms. The van der Waals surface area contributed by atoms with Gasteiger partial charge in [0, 0.05) is 60.4 Å². The number of carbonyl (C=O) groups excluding carboxylic acids is 1. The molecule has 5 heteroatoms. The van der Waals surface area contributed by atoms with E-state index >= 15 is 0 Å². The number of nitriles is 1. The lowest BCUT2D eigenvalue weighted by Gasteiger charge is -2.35. The van der Waals surface area contributed by atoms with E-state index in [0.29, 0.717) is 5.56 Å². The van der Waals surface area contributed by atoms with Crippen molar-refractivity contribution in [1.29, 1.82) is 5.26 Å². The number of ether oxygens (including phenoxy) is 1. The molecule has 0 spiro atoms. The molecule has 1 aromatic heterocycles. The van der Waals surface area contributed by atoms with E-state index in [1.54, 1.807) is 6.07 Å². The second-order valence-electron chi connectivity index (χ2n) is 11.4. The number of fused-ring (bicyclic) bond motifs is 4. The Kier molecular flexibility index (Phi) is 6.06. The highest BCUT2D eigenvalue weighted by molar-refractivity contribution is 6.20. The fourth-order valence-electron chi connectivity index (χ4n) is 6.60. The molecule has 0 saturated carbocycles. The molecule has 0 amide bonds. The molecule has 2 aliphatic heterocycles. The van der Waals surface area contributed by atoms with E-state index < -0.39 is 0 Å². The van der Waals surface area contributed by atoms with Crippen molar-refractivity contribution in [2.75, 3.05) is 32.8 Å². The van der Waals surface area contributed by atoms with Crippen molar-refractivity contribution < 1.29 is 9.53 Å². The summed E-state index contributed by atoms with van der Waals surface area (Å²) in [6.07, 6.45) is 6.70. The van der Waals surface area contributed by atoms with Crippen LogP contribution in [0.4, 0.5) is 0 Å². The summed E-state index contributed by atoms with van der Waals surface area (Å²) in [4.78, 5) is 20.0. The highest BCUT2D eigenvalue weighted by atomic mass is 16.5. The van der Waals surface area contributed by atoms with Gasteiger partial charge in [-0.15, -0.1) is 0 Å². The fourth-order valence-corrected chi connectivity index (χ4v) is 6.60. The lowest BCUT2D eigenvalue weighted by atomic mass is 9.69. The van der Waals surface area contributed by atoms with Gasteiger partial charge in [0.25, 0.3) is 0 Å². The zero-order valence-corrected chi connectivity index (χ0v) is 22.1. The quantitative estimate of drug-likeness (QED) is 0.485. The Morgan fingerprint density at radius 2 is 1.97 bits per heavy atom. The van der Waals surface area contributed by atoms with Crippen molar-refractivity contribution in [2.24, 2.45) is 5.92 Å². The predicted molar refractivity (Wildman–Crippen MR) is 147 cm³/mol. The number of aromatic amines is 1. The second kappa shape index (κ2) is 9.28. The van der Waals surface area contributed by atoms with Gasteiger partial charge in [0.1, 0.15) is 0 Å². The Bertz CT molecular complexity index is 1460. The number of benzene rings is 2. The highest BCUT2D eigenvalue weighted by Crippen LogP contribution is 2.45. The predicted octanol–water partition coefficient (Wildman–Crippen LogP) is 5.99. The normalized spacial score (nSPS) is 19.8. The maximum Gasteiger partial charge on any atom is 0.195 e. The average Bonchev–Trinajstić information content (AvgIpc) is 3.32. The summed E-state index contributed by atoms with van der Waals surface area (Å²) in [5.74, 6) is 0.835. The first-order valence-electron chi connectivity index (χ1n) is 13.7. The Hall–Kier alpha value is -3.20. The number of hydrogen-bond donors (Lipinski definition) is 1. The van der Waals surface area contributed by atoms with Gasteiger partial charge in [-0.3, -0.25) is 9.69 Å². The third-order valence-corrected chi connectivity index (χ3v) is 8.82. The van der Waals surface area contributed by atoms with Crippen molar-refractivity contribution in [3.63, 3.8) is 0 Å². The Balaban J connectivity index is 1.36. The number of carbonyl (C=O) groups is 1. The van der Waals surface area contributed by atoms with Crippen molar-refractivity contribution >= 4 is 22.3 Å². The van der Waals surface area contributed by atoms with Crippen LogP contribution in [-0.2, 0) is 16.6 Å². The minimum absolute atomic E-state index is 0.0850. The molecule has 0 unspecified atom stereocenters. The first kappa shape index (κ1) is 24.2. The van der Waals surface area contributed by atoms with Crippen LogP contribution in [0.2, 0.25) is 0 Å². The molecule has 0 atom stereocenters.